The number of benzene rings is 1. The van der Waals surface area contributed by atoms with Gasteiger partial charge in [-0.1, -0.05) is 18.6 Å². The molecule has 0 bridgehead atoms. The summed E-state index contributed by atoms with van der Waals surface area (Å²) in [5.74, 6) is -0.456. The summed E-state index contributed by atoms with van der Waals surface area (Å²) in [6.07, 6.45) is 2.71. The number of sulfonamides is 1. The molecule has 0 aromatic heterocycles. The van der Waals surface area contributed by atoms with E-state index in [0.29, 0.717) is 18.7 Å². The van der Waals surface area contributed by atoms with Crippen LogP contribution in [0.15, 0.2) is 24.3 Å². The Balaban J connectivity index is 2.14. The molecule has 1 saturated heterocycles. The van der Waals surface area contributed by atoms with Crippen molar-refractivity contribution in [3.05, 3.63) is 35.6 Å². The second-order valence-electron chi connectivity index (χ2n) is 4.88. The zero-order valence-electron chi connectivity index (χ0n) is 10.8. The van der Waals surface area contributed by atoms with Gasteiger partial charge >= 0.3 is 0 Å². The first-order valence-electron chi connectivity index (χ1n) is 6.47. The standard InChI is InChI=1S/C13H19FN2O2S/c14-12-6-4-11(5-7-12)10-19(17,18)16-8-2-1-3-13(16)9-15/h4-7,13H,1-3,8-10,15H2. The minimum absolute atomic E-state index is 0.0935. The molecule has 1 aromatic rings. The predicted octanol–water partition coefficient (Wildman–Crippen LogP) is 1.47. The second-order valence-corrected chi connectivity index (χ2v) is 6.80. The highest BCUT2D eigenvalue weighted by Gasteiger charge is 2.31. The van der Waals surface area contributed by atoms with Crippen LogP contribution in [-0.2, 0) is 15.8 Å². The number of piperidine rings is 1. The minimum Gasteiger partial charge on any atom is -0.329 e. The Morgan fingerprint density at radius 3 is 2.58 bits per heavy atom. The highest BCUT2D eigenvalue weighted by molar-refractivity contribution is 7.88. The monoisotopic (exact) mass is 286 g/mol. The average molecular weight is 286 g/mol. The molecule has 2 N–H and O–H groups in total. The van der Waals surface area contributed by atoms with Crippen LogP contribution in [0, 0.1) is 5.82 Å². The van der Waals surface area contributed by atoms with Gasteiger partial charge in [-0.05, 0) is 30.5 Å². The summed E-state index contributed by atoms with van der Waals surface area (Å²) in [6, 6.07) is 5.48. The third-order valence-corrected chi connectivity index (χ3v) is 5.36. The Hall–Kier alpha value is -0.980. The molecule has 6 heteroatoms. The van der Waals surface area contributed by atoms with Crippen molar-refractivity contribution >= 4 is 10.0 Å². The van der Waals surface area contributed by atoms with Gasteiger partial charge in [0.05, 0.1) is 5.75 Å². The SMILES string of the molecule is NCC1CCCCN1S(=O)(=O)Cc1ccc(F)cc1. The smallest absolute Gasteiger partial charge is 0.218 e. The first-order chi connectivity index (χ1) is 9.03. The quantitative estimate of drug-likeness (QED) is 0.911. The van der Waals surface area contributed by atoms with Gasteiger partial charge in [-0.3, -0.25) is 0 Å². The molecule has 4 nitrogen and oxygen atoms in total. The van der Waals surface area contributed by atoms with Crippen LogP contribution in [0.5, 0.6) is 0 Å². The Bertz CT molecular complexity index is 516. The second kappa shape index (κ2) is 5.98. The van der Waals surface area contributed by atoms with Crippen molar-refractivity contribution in [2.45, 2.75) is 31.1 Å². The van der Waals surface area contributed by atoms with Gasteiger partial charge in [0.15, 0.2) is 0 Å². The molecule has 1 aliphatic heterocycles. The largest absolute Gasteiger partial charge is 0.329 e. The molecule has 0 aliphatic carbocycles. The Morgan fingerprint density at radius 2 is 1.95 bits per heavy atom. The van der Waals surface area contributed by atoms with E-state index in [1.165, 1.54) is 28.6 Å². The molecule has 0 radical (unpaired) electrons. The van der Waals surface area contributed by atoms with Crippen molar-refractivity contribution < 1.29 is 12.8 Å². The number of halogens is 1. The van der Waals surface area contributed by atoms with Crippen LogP contribution < -0.4 is 5.73 Å². The van der Waals surface area contributed by atoms with Crippen molar-refractivity contribution in [3.8, 4) is 0 Å². The van der Waals surface area contributed by atoms with Gasteiger partial charge in [-0.25, -0.2) is 12.8 Å². The lowest BCUT2D eigenvalue weighted by molar-refractivity contribution is 0.257. The zero-order chi connectivity index (χ0) is 13.9. The van der Waals surface area contributed by atoms with Crippen LogP contribution in [0.4, 0.5) is 4.39 Å². The summed E-state index contributed by atoms with van der Waals surface area (Å²) < 4.78 is 39.1. The topological polar surface area (TPSA) is 63.4 Å². The number of hydrogen-bond donors (Lipinski definition) is 1. The summed E-state index contributed by atoms with van der Waals surface area (Å²) in [4.78, 5) is 0. The first-order valence-corrected chi connectivity index (χ1v) is 8.08. The van der Waals surface area contributed by atoms with Gasteiger partial charge < -0.3 is 5.73 Å². The van der Waals surface area contributed by atoms with Crippen molar-refractivity contribution in [2.24, 2.45) is 5.73 Å². The molecule has 1 atom stereocenters. The lowest BCUT2D eigenvalue weighted by Crippen LogP contribution is -2.47. The summed E-state index contributed by atoms with van der Waals surface area (Å²) in [6.45, 7) is 0.883. The molecule has 19 heavy (non-hydrogen) atoms. The van der Waals surface area contributed by atoms with Crippen molar-refractivity contribution in [3.63, 3.8) is 0 Å². The maximum atomic E-state index is 12.8. The maximum absolute atomic E-state index is 12.8. The van der Waals surface area contributed by atoms with E-state index in [2.05, 4.69) is 0 Å². The Kier molecular flexibility index (Phi) is 4.54. The zero-order valence-corrected chi connectivity index (χ0v) is 11.6. The highest BCUT2D eigenvalue weighted by atomic mass is 32.2. The summed E-state index contributed by atoms with van der Waals surface area (Å²) >= 11 is 0. The Labute approximate surface area is 113 Å². The number of nitrogens with two attached hydrogens (primary N) is 1. The molecule has 1 unspecified atom stereocenters. The van der Waals surface area contributed by atoms with E-state index in [0.717, 1.165) is 19.3 Å². The van der Waals surface area contributed by atoms with Gasteiger partial charge in [0.1, 0.15) is 5.82 Å². The van der Waals surface area contributed by atoms with Crippen LogP contribution in [0.3, 0.4) is 0 Å². The number of nitrogens with zero attached hydrogens (tertiary/aromatic N) is 1. The summed E-state index contributed by atoms with van der Waals surface area (Å²) in [7, 11) is -3.38. The molecule has 2 rings (SSSR count). The molecule has 106 valence electrons. The minimum atomic E-state index is -3.38. The van der Waals surface area contributed by atoms with Crippen LogP contribution in [0.1, 0.15) is 24.8 Å². The van der Waals surface area contributed by atoms with E-state index in [1.54, 1.807) is 0 Å². The van der Waals surface area contributed by atoms with E-state index in [9.17, 15) is 12.8 Å². The lowest BCUT2D eigenvalue weighted by Gasteiger charge is -2.33. The summed E-state index contributed by atoms with van der Waals surface area (Å²) in [5.41, 5.74) is 6.25. The molecular formula is C13H19FN2O2S. The molecule has 1 heterocycles. The van der Waals surface area contributed by atoms with Crippen molar-refractivity contribution in [1.82, 2.24) is 4.31 Å². The summed E-state index contributed by atoms with van der Waals surface area (Å²) in [5, 5.41) is 0. The lowest BCUT2D eigenvalue weighted by atomic mass is 10.1. The van der Waals surface area contributed by atoms with Crippen LogP contribution >= 0.6 is 0 Å². The normalized spacial score (nSPS) is 21.5. The van der Waals surface area contributed by atoms with Gasteiger partial charge in [0.2, 0.25) is 10.0 Å². The molecule has 0 spiro atoms. The molecule has 1 aromatic carbocycles. The van der Waals surface area contributed by atoms with Gasteiger partial charge in [0.25, 0.3) is 0 Å². The molecular weight excluding hydrogens is 267 g/mol. The fourth-order valence-electron chi connectivity index (χ4n) is 2.45. The first kappa shape index (κ1) is 14.4. The van der Waals surface area contributed by atoms with E-state index in [1.807, 2.05) is 0 Å². The fraction of sp³-hybridized carbons (Fsp3) is 0.538. The molecule has 1 fully saturated rings. The average Bonchev–Trinajstić information content (AvgIpc) is 2.41. The Morgan fingerprint density at radius 1 is 1.26 bits per heavy atom. The van der Waals surface area contributed by atoms with E-state index >= 15 is 0 Å². The fourth-order valence-corrected chi connectivity index (χ4v) is 4.28. The highest BCUT2D eigenvalue weighted by Crippen LogP contribution is 2.22. The van der Waals surface area contributed by atoms with Gasteiger partial charge in [0, 0.05) is 19.1 Å². The van der Waals surface area contributed by atoms with Crippen LogP contribution in [0.2, 0.25) is 0 Å². The van der Waals surface area contributed by atoms with E-state index in [4.69, 9.17) is 5.73 Å². The van der Waals surface area contributed by atoms with Gasteiger partial charge in [-0.15, -0.1) is 0 Å². The molecule has 0 saturated carbocycles. The number of rotatable bonds is 4. The molecule has 0 amide bonds. The predicted molar refractivity (Wildman–Crippen MR) is 72.4 cm³/mol. The van der Waals surface area contributed by atoms with Crippen LogP contribution in [0.25, 0.3) is 0 Å². The third-order valence-electron chi connectivity index (χ3n) is 3.46. The number of hydrogen-bond acceptors (Lipinski definition) is 3. The van der Waals surface area contributed by atoms with E-state index in [-0.39, 0.29) is 17.6 Å². The van der Waals surface area contributed by atoms with Crippen molar-refractivity contribution in [1.29, 1.82) is 0 Å². The molecule has 1 aliphatic rings. The van der Waals surface area contributed by atoms with Gasteiger partial charge in [-0.2, -0.15) is 4.31 Å². The van der Waals surface area contributed by atoms with Crippen molar-refractivity contribution in [2.75, 3.05) is 13.1 Å². The van der Waals surface area contributed by atoms with E-state index < -0.39 is 10.0 Å². The third kappa shape index (κ3) is 3.52. The maximum Gasteiger partial charge on any atom is 0.218 e. The van der Waals surface area contributed by atoms with Crippen LogP contribution in [-0.4, -0.2) is 31.9 Å².